The summed E-state index contributed by atoms with van der Waals surface area (Å²) in [6.07, 6.45) is 5.14. The number of allylic oxidation sites excluding steroid dienone is 2. The Bertz CT molecular complexity index is 584. The predicted octanol–water partition coefficient (Wildman–Crippen LogP) is 3.02. The topological polar surface area (TPSA) is 82.0 Å². The smallest absolute Gasteiger partial charge is 0.306 e. The number of rotatable bonds is 6. The van der Waals surface area contributed by atoms with Crippen molar-refractivity contribution in [3.8, 4) is 0 Å². The zero-order valence-corrected chi connectivity index (χ0v) is 14.5. The van der Waals surface area contributed by atoms with Gasteiger partial charge < -0.3 is 9.47 Å². The molecule has 0 aromatic rings. The van der Waals surface area contributed by atoms with Crippen LogP contribution in [0.25, 0.3) is 0 Å². The number of hydrogen-bond acceptors (Lipinski definition) is 6. The second-order valence-electron chi connectivity index (χ2n) is 7.18. The van der Waals surface area contributed by atoms with Crippen LogP contribution in [0.5, 0.6) is 0 Å². The van der Waals surface area contributed by atoms with Crippen molar-refractivity contribution in [2.75, 3.05) is 20.4 Å². The first-order valence-corrected chi connectivity index (χ1v) is 8.14. The molecular weight excluding hydrogens is 310 g/mol. The maximum atomic E-state index is 12.8. The number of carbonyl (C=O) groups excluding carboxylic acids is 2. The lowest BCUT2D eigenvalue weighted by Crippen LogP contribution is -2.55. The predicted molar refractivity (Wildman–Crippen MR) is 89.0 cm³/mol. The Morgan fingerprint density at radius 1 is 1.46 bits per heavy atom. The molecule has 0 aromatic heterocycles. The number of ether oxygens (including phenoxy) is 2. The van der Waals surface area contributed by atoms with Crippen molar-refractivity contribution in [2.45, 2.75) is 33.1 Å². The van der Waals surface area contributed by atoms with Crippen LogP contribution in [0.1, 0.15) is 33.1 Å². The molecule has 0 spiro atoms. The van der Waals surface area contributed by atoms with Crippen LogP contribution >= 0.6 is 0 Å². The lowest BCUT2D eigenvalue weighted by molar-refractivity contribution is -0.148. The molecule has 1 saturated carbocycles. The molecule has 6 heteroatoms. The Kier molecular flexibility index (Phi) is 5.38. The molecule has 2 aliphatic carbocycles. The van der Waals surface area contributed by atoms with Crippen molar-refractivity contribution in [3.05, 3.63) is 29.2 Å². The molecule has 0 radical (unpaired) electrons. The molecule has 0 aliphatic heterocycles. The highest BCUT2D eigenvalue weighted by Crippen LogP contribution is 2.58. The average molecular weight is 335 g/mol. The Hall–Kier alpha value is -1.82. The van der Waals surface area contributed by atoms with Gasteiger partial charge in [-0.2, -0.15) is 0 Å². The summed E-state index contributed by atoms with van der Waals surface area (Å²) in [6, 6.07) is 0. The monoisotopic (exact) mass is 335 g/mol. The van der Waals surface area contributed by atoms with Gasteiger partial charge in [0.1, 0.15) is 0 Å². The van der Waals surface area contributed by atoms with Crippen LogP contribution in [0, 0.1) is 27.6 Å². The molecule has 24 heavy (non-hydrogen) atoms. The Labute approximate surface area is 142 Å². The fourth-order valence-electron chi connectivity index (χ4n) is 4.45. The van der Waals surface area contributed by atoms with E-state index in [-0.39, 0.29) is 36.7 Å². The van der Waals surface area contributed by atoms with E-state index < -0.39 is 10.8 Å². The van der Waals surface area contributed by atoms with E-state index in [1.807, 2.05) is 19.9 Å². The number of fused-ring (bicyclic) bond motifs is 1. The average Bonchev–Trinajstić information content (AvgIpc) is 2.55. The summed E-state index contributed by atoms with van der Waals surface area (Å²) in [6.45, 7) is 8.14. The molecule has 4 atom stereocenters. The zero-order chi connectivity index (χ0) is 18.0. The summed E-state index contributed by atoms with van der Waals surface area (Å²) in [7, 11) is 1.35. The lowest BCUT2D eigenvalue weighted by Gasteiger charge is -2.54. The maximum Gasteiger partial charge on any atom is 0.306 e. The second kappa shape index (κ2) is 6.97. The van der Waals surface area contributed by atoms with Crippen LogP contribution in [0.4, 0.5) is 0 Å². The number of carbonyl (C=O) groups is 2. The molecule has 0 aromatic carbocycles. The van der Waals surface area contributed by atoms with Gasteiger partial charge in [0.25, 0.3) is 0 Å². The highest BCUT2D eigenvalue weighted by molar-refractivity contribution is 5.97. The summed E-state index contributed by atoms with van der Waals surface area (Å²) in [4.78, 5) is 34.9. The van der Waals surface area contributed by atoms with Gasteiger partial charge >= 0.3 is 5.97 Å². The maximum absolute atomic E-state index is 12.8. The summed E-state index contributed by atoms with van der Waals surface area (Å²) in [5.74, 6) is -0.597. The summed E-state index contributed by atoms with van der Waals surface area (Å²) >= 11 is 0. The van der Waals surface area contributed by atoms with E-state index in [0.717, 1.165) is 18.4 Å². The summed E-state index contributed by atoms with van der Waals surface area (Å²) in [5.41, 5.74) is -0.214. The quantitative estimate of drug-likeness (QED) is 0.322. The minimum Gasteiger partial charge on any atom is -0.469 e. The highest BCUT2D eigenvalue weighted by atomic mass is 16.5. The number of ketones is 1. The normalized spacial score (nSPS) is 35.5. The molecule has 0 amide bonds. The van der Waals surface area contributed by atoms with Crippen LogP contribution in [0.15, 0.2) is 29.5 Å². The van der Waals surface area contributed by atoms with Crippen molar-refractivity contribution in [1.82, 2.24) is 0 Å². The van der Waals surface area contributed by atoms with Crippen LogP contribution in [-0.4, -0.2) is 32.2 Å². The van der Waals surface area contributed by atoms with Crippen molar-refractivity contribution in [3.63, 3.8) is 0 Å². The fraction of sp³-hybridized carbons (Fsp3) is 0.667. The number of esters is 1. The van der Waals surface area contributed by atoms with Gasteiger partial charge in [0.2, 0.25) is 0 Å². The third kappa shape index (κ3) is 3.07. The number of nitroso groups, excluding NO2 is 1. The molecular formula is C18H25NO5. The van der Waals surface area contributed by atoms with Gasteiger partial charge in [0.15, 0.2) is 12.5 Å². The van der Waals surface area contributed by atoms with E-state index in [4.69, 9.17) is 9.47 Å². The zero-order valence-electron chi connectivity index (χ0n) is 14.5. The summed E-state index contributed by atoms with van der Waals surface area (Å²) in [5, 5.41) is 2.73. The molecule has 0 N–H and O–H groups in total. The first kappa shape index (κ1) is 18.5. The SMILES string of the molecule is C=C1CCC2[C@](C)(COCN=O)C=CC(=O)[C@]2(C)[C@H]1CC(=O)OC. The standard InChI is InChI=1S/C18H25NO5/c1-12-5-6-14-17(2,10-24-11-19-22)8-7-15(20)18(14,3)13(12)9-16(21)23-4/h7-8,13-14H,1,5-6,9-11H2,2-4H3/t13-,14?,17-,18+/m0/s1. The third-order valence-electron chi connectivity index (χ3n) is 5.79. The van der Waals surface area contributed by atoms with E-state index in [1.165, 1.54) is 7.11 Å². The van der Waals surface area contributed by atoms with Crippen molar-refractivity contribution in [2.24, 2.45) is 27.8 Å². The Morgan fingerprint density at radius 3 is 2.79 bits per heavy atom. The van der Waals surface area contributed by atoms with Gasteiger partial charge in [-0.05, 0) is 30.0 Å². The molecule has 0 heterocycles. The first-order valence-electron chi connectivity index (χ1n) is 8.14. The largest absolute Gasteiger partial charge is 0.469 e. The molecule has 0 saturated heterocycles. The molecule has 6 nitrogen and oxygen atoms in total. The first-order chi connectivity index (χ1) is 11.3. The van der Waals surface area contributed by atoms with Gasteiger partial charge in [-0.15, -0.1) is 4.91 Å². The van der Waals surface area contributed by atoms with Crippen LogP contribution in [0.3, 0.4) is 0 Å². The van der Waals surface area contributed by atoms with Crippen molar-refractivity contribution < 1.29 is 19.1 Å². The van der Waals surface area contributed by atoms with E-state index in [2.05, 4.69) is 11.8 Å². The van der Waals surface area contributed by atoms with E-state index in [0.29, 0.717) is 6.61 Å². The molecule has 0 bridgehead atoms. The van der Waals surface area contributed by atoms with E-state index >= 15 is 0 Å². The second-order valence-corrected chi connectivity index (χ2v) is 7.18. The van der Waals surface area contributed by atoms with Gasteiger partial charge in [0, 0.05) is 16.7 Å². The van der Waals surface area contributed by atoms with Crippen LogP contribution in [-0.2, 0) is 19.1 Å². The summed E-state index contributed by atoms with van der Waals surface area (Å²) < 4.78 is 10.2. The Balaban J connectivity index is 2.38. The van der Waals surface area contributed by atoms with Crippen LogP contribution < -0.4 is 0 Å². The third-order valence-corrected chi connectivity index (χ3v) is 5.79. The molecule has 1 fully saturated rings. The van der Waals surface area contributed by atoms with Gasteiger partial charge in [-0.3, -0.25) is 9.59 Å². The van der Waals surface area contributed by atoms with Gasteiger partial charge in [-0.25, -0.2) is 0 Å². The van der Waals surface area contributed by atoms with Crippen molar-refractivity contribution >= 4 is 11.8 Å². The number of hydrogen-bond donors (Lipinski definition) is 0. The Morgan fingerprint density at radius 2 is 2.17 bits per heavy atom. The highest BCUT2D eigenvalue weighted by Gasteiger charge is 2.57. The number of methoxy groups -OCH3 is 1. The van der Waals surface area contributed by atoms with E-state index in [9.17, 15) is 14.5 Å². The molecule has 2 rings (SSSR count). The molecule has 1 unspecified atom stereocenters. The molecule has 132 valence electrons. The van der Waals surface area contributed by atoms with Crippen LogP contribution in [0.2, 0.25) is 0 Å². The minimum atomic E-state index is -0.731. The molecule has 2 aliphatic rings. The lowest BCUT2D eigenvalue weighted by atomic mass is 9.48. The van der Waals surface area contributed by atoms with E-state index in [1.54, 1.807) is 6.08 Å². The minimum absolute atomic E-state index is 0.00527. The van der Waals surface area contributed by atoms with Crippen molar-refractivity contribution in [1.29, 1.82) is 0 Å². The fourth-order valence-corrected chi connectivity index (χ4v) is 4.45. The van der Waals surface area contributed by atoms with Gasteiger partial charge in [0.05, 0.1) is 20.1 Å². The van der Waals surface area contributed by atoms with Gasteiger partial charge in [-0.1, -0.05) is 32.1 Å². The number of nitrogens with zero attached hydrogens (tertiary/aromatic N) is 1.